The van der Waals surface area contributed by atoms with E-state index in [0.29, 0.717) is 0 Å². The van der Waals surface area contributed by atoms with E-state index in [9.17, 15) is 13.2 Å². The lowest BCUT2D eigenvalue weighted by Crippen LogP contribution is -2.22. The van der Waals surface area contributed by atoms with Crippen LogP contribution in [0.3, 0.4) is 0 Å². The second-order valence-electron chi connectivity index (χ2n) is 4.67. The van der Waals surface area contributed by atoms with Crippen molar-refractivity contribution in [2.45, 2.75) is 26.1 Å². The fourth-order valence-corrected chi connectivity index (χ4v) is 3.97. The molecule has 2 rings (SSSR count). The normalized spacial score (nSPS) is 13.4. The van der Waals surface area contributed by atoms with Crippen LogP contribution in [0.25, 0.3) is 0 Å². The van der Waals surface area contributed by atoms with E-state index in [1.165, 1.54) is 0 Å². The predicted octanol–water partition coefficient (Wildman–Crippen LogP) is 5.54. The van der Waals surface area contributed by atoms with Gasteiger partial charge in [-0.15, -0.1) is 11.3 Å². The van der Waals surface area contributed by atoms with Crippen molar-refractivity contribution < 1.29 is 13.2 Å². The quantitative estimate of drug-likeness (QED) is 0.737. The van der Waals surface area contributed by atoms with Crippen LogP contribution in [-0.2, 0) is 6.18 Å². The van der Waals surface area contributed by atoms with Crippen LogP contribution >= 0.6 is 27.3 Å². The Hall–Kier alpha value is -0.850. The summed E-state index contributed by atoms with van der Waals surface area (Å²) in [7, 11) is 0. The zero-order valence-electron chi connectivity index (χ0n) is 11.6. The first-order valence-electron chi connectivity index (χ1n) is 6.49. The van der Waals surface area contributed by atoms with Crippen LogP contribution in [0.4, 0.5) is 13.2 Å². The zero-order valence-corrected chi connectivity index (χ0v) is 14.0. The van der Waals surface area contributed by atoms with Gasteiger partial charge in [0, 0.05) is 4.88 Å². The van der Waals surface area contributed by atoms with E-state index in [0.717, 1.165) is 38.5 Å². The van der Waals surface area contributed by atoms with Gasteiger partial charge in [0.1, 0.15) is 0 Å². The third kappa shape index (κ3) is 3.87. The van der Waals surface area contributed by atoms with Crippen molar-refractivity contribution in [3.05, 3.63) is 55.7 Å². The molecule has 0 saturated heterocycles. The molecule has 1 heterocycles. The highest BCUT2D eigenvalue weighted by Gasteiger charge is 2.30. The second kappa shape index (κ2) is 6.50. The number of nitrogens with one attached hydrogen (secondary N) is 1. The van der Waals surface area contributed by atoms with Gasteiger partial charge in [0.25, 0.3) is 0 Å². The van der Waals surface area contributed by atoms with E-state index >= 15 is 0 Å². The molecule has 1 aromatic heterocycles. The topological polar surface area (TPSA) is 12.0 Å². The Balaban J connectivity index is 2.37. The Kier molecular flexibility index (Phi) is 5.11. The Morgan fingerprint density at radius 2 is 1.86 bits per heavy atom. The van der Waals surface area contributed by atoms with Gasteiger partial charge in [0.15, 0.2) is 0 Å². The third-order valence-electron chi connectivity index (χ3n) is 3.22. The number of aryl methyl sites for hydroxylation is 1. The smallest absolute Gasteiger partial charge is 0.306 e. The Labute approximate surface area is 134 Å². The number of hydrogen-bond donors (Lipinski definition) is 1. The molecule has 0 radical (unpaired) electrons. The average Bonchev–Trinajstić information content (AvgIpc) is 2.74. The fraction of sp³-hybridized carbons (Fsp3) is 0.333. The monoisotopic (exact) mass is 377 g/mol. The molecule has 2 aromatic rings. The van der Waals surface area contributed by atoms with Gasteiger partial charge in [-0.25, -0.2) is 0 Å². The molecular weight excluding hydrogens is 363 g/mol. The lowest BCUT2D eigenvalue weighted by Gasteiger charge is -2.19. The molecule has 114 valence electrons. The van der Waals surface area contributed by atoms with Crippen molar-refractivity contribution in [2.75, 3.05) is 6.54 Å². The SMILES string of the molecule is CCNC(c1ccc(C(F)(F)F)cc1)c1cc(Br)sc1C. The van der Waals surface area contributed by atoms with Crippen LogP contribution in [0.2, 0.25) is 0 Å². The predicted molar refractivity (Wildman–Crippen MR) is 83.7 cm³/mol. The van der Waals surface area contributed by atoms with Gasteiger partial charge < -0.3 is 5.32 Å². The van der Waals surface area contributed by atoms with E-state index in [4.69, 9.17) is 0 Å². The first-order valence-corrected chi connectivity index (χ1v) is 8.10. The summed E-state index contributed by atoms with van der Waals surface area (Å²) >= 11 is 5.08. The molecule has 21 heavy (non-hydrogen) atoms. The van der Waals surface area contributed by atoms with Crippen LogP contribution < -0.4 is 5.32 Å². The third-order valence-corrected chi connectivity index (χ3v) is 4.79. The summed E-state index contributed by atoms with van der Waals surface area (Å²) in [6, 6.07) is 7.28. The van der Waals surface area contributed by atoms with Crippen molar-refractivity contribution in [2.24, 2.45) is 0 Å². The number of thiophene rings is 1. The molecule has 0 fully saturated rings. The van der Waals surface area contributed by atoms with Gasteiger partial charge in [0.05, 0.1) is 15.4 Å². The van der Waals surface area contributed by atoms with Crippen LogP contribution in [0.1, 0.15) is 34.5 Å². The molecule has 0 bridgehead atoms. The highest BCUT2D eigenvalue weighted by molar-refractivity contribution is 9.11. The summed E-state index contributed by atoms with van der Waals surface area (Å²) < 4.78 is 38.9. The van der Waals surface area contributed by atoms with Crippen LogP contribution in [0, 0.1) is 6.92 Å². The van der Waals surface area contributed by atoms with Gasteiger partial charge in [-0.3, -0.25) is 0 Å². The first-order chi connectivity index (χ1) is 9.82. The number of rotatable bonds is 4. The standard InChI is InChI=1S/C15H15BrF3NS/c1-3-20-14(12-8-13(16)21-9(12)2)10-4-6-11(7-5-10)15(17,18)19/h4-8,14,20H,3H2,1-2H3. The van der Waals surface area contributed by atoms with E-state index < -0.39 is 11.7 Å². The van der Waals surface area contributed by atoms with Gasteiger partial charge >= 0.3 is 6.18 Å². The molecular formula is C15H15BrF3NS. The van der Waals surface area contributed by atoms with Crippen molar-refractivity contribution >= 4 is 27.3 Å². The molecule has 1 nitrogen and oxygen atoms in total. The summed E-state index contributed by atoms with van der Waals surface area (Å²) in [6.07, 6.45) is -4.30. The minimum absolute atomic E-state index is 0.0974. The zero-order chi connectivity index (χ0) is 15.6. The lowest BCUT2D eigenvalue weighted by atomic mass is 9.98. The molecule has 0 aliphatic heterocycles. The van der Waals surface area contributed by atoms with Gasteiger partial charge in [-0.1, -0.05) is 19.1 Å². The maximum Gasteiger partial charge on any atom is 0.416 e. The number of alkyl halides is 3. The molecule has 1 aromatic carbocycles. The van der Waals surface area contributed by atoms with E-state index in [1.807, 2.05) is 19.9 Å². The number of benzene rings is 1. The van der Waals surface area contributed by atoms with Crippen LogP contribution in [0.15, 0.2) is 34.1 Å². The Morgan fingerprint density at radius 1 is 1.24 bits per heavy atom. The molecule has 1 N–H and O–H groups in total. The van der Waals surface area contributed by atoms with Crippen LogP contribution in [-0.4, -0.2) is 6.54 Å². The molecule has 1 atom stereocenters. The van der Waals surface area contributed by atoms with Crippen molar-refractivity contribution in [3.8, 4) is 0 Å². The maximum atomic E-state index is 12.6. The molecule has 6 heteroatoms. The molecule has 0 amide bonds. The summed E-state index contributed by atoms with van der Waals surface area (Å²) in [5, 5.41) is 3.33. The lowest BCUT2D eigenvalue weighted by molar-refractivity contribution is -0.137. The Bertz CT molecular complexity index is 604. The summed E-state index contributed by atoms with van der Waals surface area (Å²) in [5.74, 6) is 0. The van der Waals surface area contributed by atoms with Crippen molar-refractivity contribution in [1.29, 1.82) is 0 Å². The summed E-state index contributed by atoms with van der Waals surface area (Å²) in [5.41, 5.74) is 1.30. The molecule has 1 unspecified atom stereocenters. The molecule has 0 spiro atoms. The van der Waals surface area contributed by atoms with Gasteiger partial charge in [0.2, 0.25) is 0 Å². The van der Waals surface area contributed by atoms with E-state index in [-0.39, 0.29) is 6.04 Å². The van der Waals surface area contributed by atoms with E-state index in [1.54, 1.807) is 23.5 Å². The highest BCUT2D eigenvalue weighted by Crippen LogP contribution is 2.35. The average molecular weight is 378 g/mol. The van der Waals surface area contributed by atoms with Crippen molar-refractivity contribution in [1.82, 2.24) is 5.32 Å². The van der Waals surface area contributed by atoms with Gasteiger partial charge in [-0.2, -0.15) is 13.2 Å². The second-order valence-corrected chi connectivity index (χ2v) is 7.31. The maximum absolute atomic E-state index is 12.6. The fourth-order valence-electron chi connectivity index (χ4n) is 2.22. The van der Waals surface area contributed by atoms with Gasteiger partial charge in [-0.05, 0) is 58.7 Å². The molecule has 0 saturated carbocycles. The Morgan fingerprint density at radius 3 is 2.29 bits per heavy atom. The number of hydrogen-bond acceptors (Lipinski definition) is 2. The highest BCUT2D eigenvalue weighted by atomic mass is 79.9. The summed E-state index contributed by atoms with van der Waals surface area (Å²) in [4.78, 5) is 1.15. The van der Waals surface area contributed by atoms with E-state index in [2.05, 4.69) is 21.2 Å². The minimum Gasteiger partial charge on any atom is -0.306 e. The van der Waals surface area contributed by atoms with Crippen molar-refractivity contribution in [3.63, 3.8) is 0 Å². The number of halogens is 4. The van der Waals surface area contributed by atoms with Crippen LogP contribution in [0.5, 0.6) is 0 Å². The molecule has 0 aliphatic carbocycles. The molecule has 0 aliphatic rings. The minimum atomic E-state index is -4.30. The summed E-state index contributed by atoms with van der Waals surface area (Å²) in [6.45, 7) is 4.73. The largest absolute Gasteiger partial charge is 0.416 e. The first kappa shape index (κ1) is 16.5.